The Morgan fingerprint density at radius 1 is 1.12 bits per heavy atom. The summed E-state index contributed by atoms with van der Waals surface area (Å²) in [6, 6.07) is 11.3. The molecule has 33 heavy (non-hydrogen) atoms. The van der Waals surface area contributed by atoms with E-state index >= 15 is 0 Å². The molecule has 6 N–H and O–H groups in total. The number of nitrogens with one attached hydrogen (secondary N) is 2. The van der Waals surface area contributed by atoms with Crippen molar-refractivity contribution in [3.05, 3.63) is 52.4 Å². The standard InChI is InChI=1S/C21H20N6O2.C2H4O2/c1-11-18(12-5-2-3-6-17(12)27(11)8-4-7-22)19-20(28)24-14-10-16-15(9-13(14)23-19)25-21(29)26-16;1-2(3)4/h2-3,5-6,9-10H,4,7-8,22H2,1H3,(H,24,28)(H2,25,26,29);1H3,(H,3,4). The first kappa shape index (κ1) is 22.0. The number of aromatic hydroxyl groups is 1. The first-order chi connectivity index (χ1) is 15.8. The minimum absolute atomic E-state index is 0.170. The van der Waals surface area contributed by atoms with E-state index < -0.39 is 5.97 Å². The van der Waals surface area contributed by atoms with Crippen LogP contribution in [0.4, 0.5) is 0 Å². The van der Waals surface area contributed by atoms with Crippen LogP contribution < -0.4 is 11.3 Å². The minimum Gasteiger partial charge on any atom is -0.481 e. The molecule has 170 valence electrons. The lowest BCUT2D eigenvalue weighted by molar-refractivity contribution is -0.134. The lowest BCUT2D eigenvalue weighted by Gasteiger charge is -2.08. The fourth-order valence-electron chi connectivity index (χ4n) is 4.01. The van der Waals surface area contributed by atoms with E-state index in [4.69, 9.17) is 20.6 Å². The van der Waals surface area contributed by atoms with E-state index in [-0.39, 0.29) is 11.6 Å². The maximum absolute atomic E-state index is 13.0. The van der Waals surface area contributed by atoms with Gasteiger partial charge in [0.2, 0.25) is 0 Å². The van der Waals surface area contributed by atoms with Crippen LogP contribution in [-0.4, -0.2) is 47.2 Å². The third-order valence-electron chi connectivity index (χ3n) is 5.34. The van der Waals surface area contributed by atoms with E-state index in [1.165, 1.54) is 0 Å². The van der Waals surface area contributed by atoms with Crippen LogP contribution in [0.25, 0.3) is 44.2 Å². The van der Waals surface area contributed by atoms with E-state index in [1.54, 1.807) is 12.1 Å². The molecule has 0 aliphatic rings. The topological polar surface area (TPSA) is 163 Å². The van der Waals surface area contributed by atoms with Crippen LogP contribution in [0.2, 0.25) is 0 Å². The summed E-state index contributed by atoms with van der Waals surface area (Å²) in [4.78, 5) is 36.4. The van der Waals surface area contributed by atoms with E-state index in [1.807, 2.05) is 25.1 Å². The Morgan fingerprint density at radius 3 is 2.45 bits per heavy atom. The maximum Gasteiger partial charge on any atom is 0.300 e. The summed E-state index contributed by atoms with van der Waals surface area (Å²) in [7, 11) is 0. The Hall–Kier alpha value is -4.18. The maximum atomic E-state index is 13.0. The molecule has 3 aromatic heterocycles. The number of para-hydroxylation sites is 1. The number of benzene rings is 2. The summed E-state index contributed by atoms with van der Waals surface area (Å²) < 4.78 is 2.19. The van der Waals surface area contributed by atoms with E-state index in [9.17, 15) is 9.90 Å². The summed E-state index contributed by atoms with van der Waals surface area (Å²) in [6.45, 7) is 4.47. The molecule has 0 atom stereocenters. The average Bonchev–Trinajstić information content (AvgIpc) is 3.25. The first-order valence-electron chi connectivity index (χ1n) is 10.4. The monoisotopic (exact) mass is 448 g/mol. The van der Waals surface area contributed by atoms with Crippen LogP contribution in [0.5, 0.6) is 6.01 Å². The lowest BCUT2D eigenvalue weighted by Crippen LogP contribution is -2.12. The number of nitrogens with two attached hydrogens (primary N) is 1. The van der Waals surface area contributed by atoms with Gasteiger partial charge in [0.05, 0.1) is 22.1 Å². The zero-order chi connectivity index (χ0) is 23.7. The highest BCUT2D eigenvalue weighted by Crippen LogP contribution is 2.33. The third kappa shape index (κ3) is 4.15. The van der Waals surface area contributed by atoms with E-state index in [0.29, 0.717) is 34.3 Å². The number of carboxylic acid groups (broad SMARTS) is 1. The molecule has 10 nitrogen and oxygen atoms in total. The molecule has 0 saturated heterocycles. The van der Waals surface area contributed by atoms with Gasteiger partial charge >= 0.3 is 0 Å². The molecule has 5 aromatic rings. The smallest absolute Gasteiger partial charge is 0.300 e. The minimum atomic E-state index is -0.833. The third-order valence-corrected chi connectivity index (χ3v) is 5.34. The summed E-state index contributed by atoms with van der Waals surface area (Å²) in [5, 5.41) is 18.0. The van der Waals surface area contributed by atoms with Crippen molar-refractivity contribution in [3.8, 4) is 17.3 Å². The number of carbonyl (C=O) groups is 1. The lowest BCUT2D eigenvalue weighted by atomic mass is 10.1. The van der Waals surface area contributed by atoms with Crippen molar-refractivity contribution in [2.45, 2.75) is 26.8 Å². The van der Waals surface area contributed by atoms with Gasteiger partial charge in [-0.05, 0) is 38.1 Å². The number of carboxylic acids is 1. The number of aromatic nitrogens is 5. The zero-order valence-corrected chi connectivity index (χ0v) is 18.2. The summed E-state index contributed by atoms with van der Waals surface area (Å²) in [6.07, 6.45) is 0.849. The molecule has 0 fully saturated rings. The number of imidazole rings is 1. The molecule has 0 aliphatic heterocycles. The van der Waals surface area contributed by atoms with Gasteiger partial charge in [0.1, 0.15) is 5.69 Å². The van der Waals surface area contributed by atoms with Crippen LogP contribution in [0.1, 0.15) is 19.0 Å². The van der Waals surface area contributed by atoms with Gasteiger partial charge in [-0.15, -0.1) is 0 Å². The zero-order valence-electron chi connectivity index (χ0n) is 18.2. The van der Waals surface area contributed by atoms with Gasteiger partial charge < -0.3 is 30.5 Å². The molecule has 0 unspecified atom stereocenters. The number of H-pyrrole nitrogens is 2. The molecule has 3 heterocycles. The number of aryl methyl sites for hydroxylation is 1. The Bertz CT molecular complexity index is 1540. The summed E-state index contributed by atoms with van der Waals surface area (Å²) in [5.74, 6) is -0.833. The second kappa shape index (κ2) is 8.75. The number of aromatic amines is 2. The van der Waals surface area contributed by atoms with Crippen molar-refractivity contribution in [2.24, 2.45) is 5.73 Å². The highest BCUT2D eigenvalue weighted by Gasteiger charge is 2.19. The summed E-state index contributed by atoms with van der Waals surface area (Å²) in [5.41, 5.74) is 11.1. The van der Waals surface area contributed by atoms with Crippen molar-refractivity contribution >= 4 is 38.9 Å². The van der Waals surface area contributed by atoms with Gasteiger partial charge in [-0.2, -0.15) is 4.98 Å². The van der Waals surface area contributed by atoms with Crippen LogP contribution in [0.15, 0.2) is 41.2 Å². The molecular formula is C23H24N6O4. The van der Waals surface area contributed by atoms with Crippen molar-refractivity contribution in [3.63, 3.8) is 0 Å². The average molecular weight is 448 g/mol. The van der Waals surface area contributed by atoms with Crippen LogP contribution in [0, 0.1) is 6.92 Å². The normalized spacial score (nSPS) is 11.1. The predicted octanol–water partition coefficient (Wildman–Crippen LogP) is 2.87. The van der Waals surface area contributed by atoms with Gasteiger partial charge in [-0.25, -0.2) is 4.98 Å². The molecule has 0 aliphatic carbocycles. The molecule has 10 heteroatoms. The van der Waals surface area contributed by atoms with Crippen molar-refractivity contribution in [1.82, 2.24) is 24.5 Å². The SMILES string of the molecule is CC(=O)O.Cc1c(-c2nc3cc4[nH]c(O)nc4cc3[nH]c2=O)c2ccccc2n1CCCN. The van der Waals surface area contributed by atoms with Crippen molar-refractivity contribution in [2.75, 3.05) is 6.54 Å². The Balaban J connectivity index is 0.000000601. The van der Waals surface area contributed by atoms with E-state index in [0.717, 1.165) is 42.0 Å². The van der Waals surface area contributed by atoms with Crippen LogP contribution >= 0.6 is 0 Å². The molecule has 0 amide bonds. The second-order valence-corrected chi connectivity index (χ2v) is 7.65. The fraction of sp³-hybridized carbons (Fsp3) is 0.217. The predicted molar refractivity (Wildman–Crippen MR) is 126 cm³/mol. The van der Waals surface area contributed by atoms with Crippen molar-refractivity contribution < 1.29 is 15.0 Å². The highest BCUT2D eigenvalue weighted by atomic mass is 16.4. The fourth-order valence-corrected chi connectivity index (χ4v) is 4.01. The van der Waals surface area contributed by atoms with Crippen LogP contribution in [0.3, 0.4) is 0 Å². The largest absolute Gasteiger partial charge is 0.481 e. The molecule has 2 aromatic carbocycles. The van der Waals surface area contributed by atoms with Gasteiger partial charge in [0, 0.05) is 35.6 Å². The van der Waals surface area contributed by atoms with E-state index in [2.05, 4.69) is 25.6 Å². The molecule has 0 bridgehead atoms. The number of nitrogens with zero attached hydrogens (tertiary/aromatic N) is 3. The number of fused-ring (bicyclic) bond motifs is 3. The number of rotatable bonds is 4. The molecule has 0 saturated carbocycles. The Morgan fingerprint density at radius 2 is 1.76 bits per heavy atom. The van der Waals surface area contributed by atoms with Crippen LogP contribution in [-0.2, 0) is 11.3 Å². The molecule has 5 rings (SSSR count). The Labute approximate surface area is 187 Å². The molecular weight excluding hydrogens is 424 g/mol. The highest BCUT2D eigenvalue weighted by molar-refractivity contribution is 5.98. The quantitative estimate of drug-likeness (QED) is 0.282. The number of hydrogen-bond donors (Lipinski definition) is 5. The first-order valence-corrected chi connectivity index (χ1v) is 10.4. The molecule has 0 spiro atoms. The van der Waals surface area contributed by atoms with Gasteiger partial charge in [-0.1, -0.05) is 18.2 Å². The van der Waals surface area contributed by atoms with Crippen molar-refractivity contribution in [1.29, 1.82) is 0 Å². The number of hydrogen-bond acceptors (Lipinski definition) is 6. The second-order valence-electron chi connectivity index (χ2n) is 7.65. The Kier molecular flexibility index (Phi) is 5.84. The summed E-state index contributed by atoms with van der Waals surface area (Å²) >= 11 is 0. The van der Waals surface area contributed by atoms with Gasteiger partial charge in [0.15, 0.2) is 0 Å². The van der Waals surface area contributed by atoms with Gasteiger partial charge in [0.25, 0.3) is 17.5 Å². The number of aliphatic carboxylic acids is 1. The van der Waals surface area contributed by atoms with Gasteiger partial charge in [-0.3, -0.25) is 9.59 Å². The molecule has 0 radical (unpaired) electrons.